The maximum atomic E-state index is 3.87. The van der Waals surface area contributed by atoms with Crippen LogP contribution in [0.2, 0.25) is 0 Å². The van der Waals surface area contributed by atoms with Gasteiger partial charge in [-0.3, -0.25) is 0 Å². The molecule has 2 aliphatic rings. The molecule has 0 aromatic heterocycles. The topological polar surface area (TPSA) is 0 Å². The standard InChI is InChI=1S/C25H44/c1-3-5-7-8-10-13-23-14-16-24(17-15-23)18-22-25(19-6-4-2)20-11-9-12-21-25/h23-24H,3-17,19-21H2,1-2H3/t23-,24-. The van der Waals surface area contributed by atoms with Gasteiger partial charge in [0.2, 0.25) is 0 Å². The van der Waals surface area contributed by atoms with Crippen molar-refractivity contribution in [3.05, 3.63) is 0 Å². The lowest BCUT2D eigenvalue weighted by molar-refractivity contribution is 0.245. The summed E-state index contributed by atoms with van der Waals surface area (Å²) in [5.41, 5.74) is 0.407. The van der Waals surface area contributed by atoms with Gasteiger partial charge in [-0.2, -0.15) is 0 Å². The molecule has 25 heavy (non-hydrogen) atoms. The first-order chi connectivity index (χ1) is 12.3. The number of unbranched alkanes of at least 4 members (excludes halogenated alkanes) is 5. The van der Waals surface area contributed by atoms with E-state index in [1.807, 2.05) is 0 Å². The monoisotopic (exact) mass is 344 g/mol. The Morgan fingerprint density at radius 1 is 0.760 bits per heavy atom. The molecule has 2 aliphatic carbocycles. The summed E-state index contributed by atoms with van der Waals surface area (Å²) >= 11 is 0. The van der Waals surface area contributed by atoms with Gasteiger partial charge in [0.05, 0.1) is 0 Å². The molecule has 0 N–H and O–H groups in total. The van der Waals surface area contributed by atoms with E-state index in [0.717, 1.165) is 11.8 Å². The zero-order valence-corrected chi connectivity index (χ0v) is 17.4. The van der Waals surface area contributed by atoms with Gasteiger partial charge in [-0.15, -0.1) is 0 Å². The van der Waals surface area contributed by atoms with Gasteiger partial charge in [0.15, 0.2) is 0 Å². The van der Waals surface area contributed by atoms with Gasteiger partial charge in [0.1, 0.15) is 0 Å². The lowest BCUT2D eigenvalue weighted by Gasteiger charge is -2.33. The van der Waals surface area contributed by atoms with E-state index in [9.17, 15) is 0 Å². The largest absolute Gasteiger partial charge is 0.0993 e. The van der Waals surface area contributed by atoms with Gasteiger partial charge in [-0.1, -0.05) is 96.3 Å². The Labute approximate surface area is 158 Å². The molecule has 0 radical (unpaired) electrons. The third-order valence-corrected chi connectivity index (χ3v) is 6.92. The molecule has 144 valence electrons. The van der Waals surface area contributed by atoms with Gasteiger partial charge in [0, 0.05) is 11.3 Å². The van der Waals surface area contributed by atoms with Crippen LogP contribution < -0.4 is 0 Å². The van der Waals surface area contributed by atoms with Crippen LogP contribution in [0.5, 0.6) is 0 Å². The molecule has 0 bridgehead atoms. The Hall–Kier alpha value is -0.440. The molecule has 0 spiro atoms. The Balaban J connectivity index is 1.72. The molecule has 0 aromatic carbocycles. The summed E-state index contributed by atoms with van der Waals surface area (Å²) in [5.74, 6) is 9.40. The fourth-order valence-corrected chi connectivity index (χ4v) is 5.07. The van der Waals surface area contributed by atoms with Crippen LogP contribution in [-0.4, -0.2) is 0 Å². The number of hydrogen-bond donors (Lipinski definition) is 0. The van der Waals surface area contributed by atoms with E-state index in [1.165, 1.54) is 116 Å². The minimum absolute atomic E-state index is 0.407. The van der Waals surface area contributed by atoms with Gasteiger partial charge in [-0.25, -0.2) is 0 Å². The number of hydrogen-bond acceptors (Lipinski definition) is 0. The molecule has 0 heterocycles. The van der Waals surface area contributed by atoms with Crippen LogP contribution in [-0.2, 0) is 0 Å². The van der Waals surface area contributed by atoms with Crippen molar-refractivity contribution in [2.75, 3.05) is 0 Å². The highest BCUT2D eigenvalue weighted by Crippen LogP contribution is 2.40. The van der Waals surface area contributed by atoms with Crippen LogP contribution >= 0.6 is 0 Å². The van der Waals surface area contributed by atoms with Crippen molar-refractivity contribution < 1.29 is 0 Å². The molecule has 2 fully saturated rings. The first kappa shape index (κ1) is 20.9. The minimum atomic E-state index is 0.407. The van der Waals surface area contributed by atoms with E-state index in [1.54, 1.807) is 0 Å². The van der Waals surface area contributed by atoms with Gasteiger partial charge >= 0.3 is 0 Å². The summed E-state index contributed by atoms with van der Waals surface area (Å²) in [6.45, 7) is 4.63. The van der Waals surface area contributed by atoms with E-state index >= 15 is 0 Å². The first-order valence-electron chi connectivity index (χ1n) is 11.8. The zero-order valence-electron chi connectivity index (χ0n) is 17.4. The normalized spacial score (nSPS) is 26.0. The molecule has 0 aliphatic heterocycles. The lowest BCUT2D eigenvalue weighted by Crippen LogP contribution is -2.23. The second kappa shape index (κ2) is 12.0. The maximum Gasteiger partial charge on any atom is 0.0314 e. The van der Waals surface area contributed by atoms with E-state index in [0.29, 0.717) is 5.41 Å². The summed E-state index contributed by atoms with van der Waals surface area (Å²) < 4.78 is 0. The smallest absolute Gasteiger partial charge is 0.0314 e. The Kier molecular flexibility index (Phi) is 10.0. The fourth-order valence-electron chi connectivity index (χ4n) is 5.07. The maximum absolute atomic E-state index is 3.87. The van der Waals surface area contributed by atoms with Crippen molar-refractivity contribution in [2.45, 2.75) is 129 Å². The lowest BCUT2D eigenvalue weighted by atomic mass is 9.71. The molecule has 0 amide bonds. The molecule has 0 atom stereocenters. The van der Waals surface area contributed by atoms with E-state index < -0.39 is 0 Å². The highest BCUT2D eigenvalue weighted by Gasteiger charge is 2.29. The summed E-state index contributed by atoms with van der Waals surface area (Å²) in [5, 5.41) is 0. The highest BCUT2D eigenvalue weighted by atomic mass is 14.3. The number of rotatable bonds is 9. The average molecular weight is 345 g/mol. The molecule has 0 nitrogen and oxygen atoms in total. The van der Waals surface area contributed by atoms with E-state index in [4.69, 9.17) is 0 Å². The van der Waals surface area contributed by atoms with Crippen molar-refractivity contribution in [3.63, 3.8) is 0 Å². The third kappa shape index (κ3) is 7.76. The van der Waals surface area contributed by atoms with Crippen molar-refractivity contribution in [2.24, 2.45) is 17.3 Å². The molecule has 2 rings (SSSR count). The first-order valence-corrected chi connectivity index (χ1v) is 11.8. The summed E-state index contributed by atoms with van der Waals surface area (Å²) in [7, 11) is 0. The van der Waals surface area contributed by atoms with E-state index in [2.05, 4.69) is 25.7 Å². The van der Waals surface area contributed by atoms with Gasteiger partial charge in [-0.05, 0) is 50.9 Å². The molecule has 0 unspecified atom stereocenters. The second-order valence-corrected chi connectivity index (χ2v) is 9.13. The van der Waals surface area contributed by atoms with Crippen molar-refractivity contribution in [1.29, 1.82) is 0 Å². The van der Waals surface area contributed by atoms with Crippen LogP contribution in [0.1, 0.15) is 129 Å². The predicted octanol–water partition coefficient (Wildman–Crippen LogP) is 8.30. The summed E-state index contributed by atoms with van der Waals surface area (Å²) in [6, 6.07) is 0. The summed E-state index contributed by atoms with van der Waals surface area (Å²) in [4.78, 5) is 0. The minimum Gasteiger partial charge on any atom is -0.0993 e. The van der Waals surface area contributed by atoms with Crippen LogP contribution in [0.25, 0.3) is 0 Å². The fraction of sp³-hybridized carbons (Fsp3) is 0.920. The second-order valence-electron chi connectivity index (χ2n) is 9.13. The molecule has 2 saturated carbocycles. The van der Waals surface area contributed by atoms with Gasteiger partial charge in [0.25, 0.3) is 0 Å². The van der Waals surface area contributed by atoms with Crippen LogP contribution in [0, 0.1) is 29.1 Å². The van der Waals surface area contributed by atoms with E-state index in [-0.39, 0.29) is 0 Å². The molecule has 0 saturated heterocycles. The van der Waals surface area contributed by atoms with Crippen LogP contribution in [0.4, 0.5) is 0 Å². The molecule has 0 heteroatoms. The third-order valence-electron chi connectivity index (χ3n) is 6.92. The Bertz CT molecular complexity index is 382. The van der Waals surface area contributed by atoms with Gasteiger partial charge < -0.3 is 0 Å². The average Bonchev–Trinajstić information content (AvgIpc) is 2.66. The van der Waals surface area contributed by atoms with Crippen molar-refractivity contribution in [3.8, 4) is 11.8 Å². The highest BCUT2D eigenvalue weighted by molar-refractivity contribution is 5.15. The molecule has 0 aromatic rings. The predicted molar refractivity (Wildman–Crippen MR) is 112 cm³/mol. The zero-order chi connectivity index (χ0) is 17.8. The summed E-state index contributed by atoms with van der Waals surface area (Å²) in [6.07, 6.45) is 25.5. The SMILES string of the molecule is CCCCCCC[C@H]1CC[C@H](C#CC2(CCCC)CCCCC2)CC1. The molecular weight excluding hydrogens is 300 g/mol. The molecular formula is C25H44. The van der Waals surface area contributed by atoms with Crippen LogP contribution in [0.3, 0.4) is 0 Å². The van der Waals surface area contributed by atoms with Crippen LogP contribution in [0.15, 0.2) is 0 Å². The quantitative estimate of drug-likeness (QED) is 0.291. The Morgan fingerprint density at radius 3 is 2.12 bits per heavy atom. The Morgan fingerprint density at radius 2 is 1.44 bits per heavy atom. The van der Waals surface area contributed by atoms with Crippen molar-refractivity contribution in [1.82, 2.24) is 0 Å². The van der Waals surface area contributed by atoms with Crippen molar-refractivity contribution >= 4 is 0 Å².